The molecule has 34 heavy (non-hydrogen) atoms. The molecule has 2 aromatic carbocycles. The van der Waals surface area contributed by atoms with Gasteiger partial charge in [-0.1, -0.05) is 31.4 Å². The molecule has 2 aliphatic heterocycles. The van der Waals surface area contributed by atoms with E-state index in [0.717, 1.165) is 32.3 Å². The Bertz CT molecular complexity index is 1390. The molecule has 1 saturated heterocycles. The summed E-state index contributed by atoms with van der Waals surface area (Å²) in [6.45, 7) is 9.00. The molecule has 2 aliphatic rings. The van der Waals surface area contributed by atoms with Crippen molar-refractivity contribution in [1.82, 2.24) is 10.2 Å². The molecule has 7 nitrogen and oxygen atoms in total. The van der Waals surface area contributed by atoms with Crippen LogP contribution in [-0.2, 0) is 16.1 Å². The number of thiophene rings is 1. The van der Waals surface area contributed by atoms with Crippen LogP contribution in [0.2, 0.25) is 0 Å². The van der Waals surface area contributed by atoms with E-state index >= 15 is 0 Å². The average molecular weight is 474 g/mol. The third kappa shape index (κ3) is 3.91. The number of nitrogens with zero attached hydrogens (tertiary/aromatic N) is 1. The van der Waals surface area contributed by atoms with Gasteiger partial charge in [0.25, 0.3) is 11.8 Å². The van der Waals surface area contributed by atoms with Crippen molar-refractivity contribution in [2.24, 2.45) is 5.73 Å². The number of hydrogen-bond donors (Lipinski definition) is 2. The van der Waals surface area contributed by atoms with Crippen LogP contribution < -0.4 is 11.1 Å². The van der Waals surface area contributed by atoms with Gasteiger partial charge in [0, 0.05) is 22.4 Å². The summed E-state index contributed by atoms with van der Waals surface area (Å²) < 4.78 is 6.35. The molecule has 1 unspecified atom stereocenters. The Kier molecular flexibility index (Phi) is 5.55. The smallest absolute Gasteiger partial charge is 0.261 e. The molecule has 172 valence electrons. The van der Waals surface area contributed by atoms with Gasteiger partial charge in [0.1, 0.15) is 0 Å². The van der Waals surface area contributed by atoms with Crippen molar-refractivity contribution in [3.05, 3.63) is 82.8 Å². The van der Waals surface area contributed by atoms with E-state index < -0.39 is 5.91 Å². The SMILES string of the molecule is C=C(CN1Cc2c(cccc2-c2ccc3sc(C(=O)NC4COCC4=C)cc3c2)C1=O)C(N)=O. The maximum absolute atomic E-state index is 12.9. The third-order valence-electron chi connectivity index (χ3n) is 6.19. The molecular formula is C26H23N3O4S. The van der Waals surface area contributed by atoms with E-state index in [4.69, 9.17) is 10.5 Å². The molecule has 0 spiro atoms. The zero-order valence-electron chi connectivity index (χ0n) is 18.4. The largest absolute Gasteiger partial charge is 0.375 e. The highest BCUT2D eigenvalue weighted by atomic mass is 32.1. The Balaban J connectivity index is 1.42. The van der Waals surface area contributed by atoms with Crippen molar-refractivity contribution >= 4 is 39.1 Å². The zero-order chi connectivity index (χ0) is 24.0. The van der Waals surface area contributed by atoms with Crippen LogP contribution in [0.4, 0.5) is 0 Å². The normalized spacial score (nSPS) is 17.3. The summed E-state index contributed by atoms with van der Waals surface area (Å²) in [6.07, 6.45) is 0. The Morgan fingerprint density at radius 2 is 2.00 bits per heavy atom. The van der Waals surface area contributed by atoms with Gasteiger partial charge in [-0.05, 0) is 51.9 Å². The van der Waals surface area contributed by atoms with Crippen LogP contribution >= 0.6 is 11.3 Å². The van der Waals surface area contributed by atoms with Crippen LogP contribution in [0.15, 0.2) is 66.8 Å². The van der Waals surface area contributed by atoms with E-state index in [1.54, 1.807) is 11.0 Å². The molecule has 8 heteroatoms. The lowest BCUT2D eigenvalue weighted by atomic mass is 9.96. The summed E-state index contributed by atoms with van der Waals surface area (Å²) in [5.41, 5.74) is 9.77. The number of carbonyl (C=O) groups is 3. The number of nitrogens with one attached hydrogen (secondary N) is 1. The first kappa shape index (κ1) is 22.1. The van der Waals surface area contributed by atoms with Crippen molar-refractivity contribution in [1.29, 1.82) is 0 Å². The molecule has 3 N–H and O–H groups in total. The number of rotatable bonds is 6. The van der Waals surface area contributed by atoms with E-state index in [9.17, 15) is 14.4 Å². The zero-order valence-corrected chi connectivity index (χ0v) is 19.2. The molecule has 1 aromatic heterocycles. The molecule has 3 aromatic rings. The highest BCUT2D eigenvalue weighted by Gasteiger charge is 2.30. The summed E-state index contributed by atoms with van der Waals surface area (Å²) in [7, 11) is 0. The number of ether oxygens (including phenoxy) is 1. The number of amides is 3. The van der Waals surface area contributed by atoms with Crippen LogP contribution in [-0.4, -0.2) is 48.4 Å². The number of fused-ring (bicyclic) bond motifs is 2. The first-order chi connectivity index (χ1) is 16.3. The number of hydrogen-bond acceptors (Lipinski definition) is 5. The lowest BCUT2D eigenvalue weighted by molar-refractivity contribution is -0.114. The number of benzene rings is 2. The summed E-state index contributed by atoms with van der Waals surface area (Å²) >= 11 is 1.43. The van der Waals surface area contributed by atoms with E-state index in [0.29, 0.717) is 30.2 Å². The minimum absolute atomic E-state index is 0.1000. The van der Waals surface area contributed by atoms with Gasteiger partial charge in [-0.3, -0.25) is 14.4 Å². The standard InChI is InChI=1S/C26H23N3O4S/c1-14(24(27)30)10-29-11-20-18(4-3-5-19(20)26(29)32)16-6-7-22-17(8-16)9-23(34-22)25(31)28-21-13-33-12-15(21)2/h3-9,21H,1-2,10-13H2,(H2,27,30)(H,28,31). The number of nitrogens with two attached hydrogens (primary N) is 1. The predicted molar refractivity (Wildman–Crippen MR) is 132 cm³/mol. The second kappa shape index (κ2) is 8.55. The second-order valence-electron chi connectivity index (χ2n) is 8.52. The van der Waals surface area contributed by atoms with Crippen molar-refractivity contribution in [3.8, 4) is 11.1 Å². The Morgan fingerprint density at radius 1 is 1.21 bits per heavy atom. The molecule has 0 bridgehead atoms. The summed E-state index contributed by atoms with van der Waals surface area (Å²) in [6, 6.07) is 13.4. The highest BCUT2D eigenvalue weighted by molar-refractivity contribution is 7.20. The van der Waals surface area contributed by atoms with Gasteiger partial charge in [-0.25, -0.2) is 0 Å². The highest BCUT2D eigenvalue weighted by Crippen LogP contribution is 2.36. The van der Waals surface area contributed by atoms with E-state index in [1.807, 2.05) is 36.4 Å². The Labute approximate surface area is 200 Å². The van der Waals surface area contributed by atoms with Gasteiger partial charge in [-0.15, -0.1) is 11.3 Å². The third-order valence-corrected chi connectivity index (χ3v) is 7.31. The molecule has 3 amide bonds. The van der Waals surface area contributed by atoms with Crippen LogP contribution in [0.5, 0.6) is 0 Å². The van der Waals surface area contributed by atoms with Crippen LogP contribution in [0, 0.1) is 0 Å². The van der Waals surface area contributed by atoms with Gasteiger partial charge in [0.15, 0.2) is 0 Å². The van der Waals surface area contributed by atoms with Crippen molar-refractivity contribution in [3.63, 3.8) is 0 Å². The molecular weight excluding hydrogens is 450 g/mol. The van der Waals surface area contributed by atoms with Gasteiger partial charge in [-0.2, -0.15) is 0 Å². The fraction of sp³-hybridized carbons (Fsp3) is 0.192. The van der Waals surface area contributed by atoms with Gasteiger partial charge in [0.05, 0.1) is 30.7 Å². The topological polar surface area (TPSA) is 102 Å². The maximum atomic E-state index is 12.9. The minimum Gasteiger partial charge on any atom is -0.375 e. The Morgan fingerprint density at radius 3 is 2.74 bits per heavy atom. The van der Waals surface area contributed by atoms with Gasteiger partial charge < -0.3 is 20.7 Å². The van der Waals surface area contributed by atoms with Crippen molar-refractivity contribution < 1.29 is 19.1 Å². The second-order valence-corrected chi connectivity index (χ2v) is 9.61. The molecule has 3 heterocycles. The first-order valence-electron chi connectivity index (χ1n) is 10.8. The molecule has 0 saturated carbocycles. The number of primary amides is 1. The first-order valence-corrected chi connectivity index (χ1v) is 11.6. The molecule has 1 atom stereocenters. The molecule has 1 fully saturated rings. The summed E-state index contributed by atoms with van der Waals surface area (Å²) in [5.74, 6) is -0.903. The minimum atomic E-state index is -0.614. The predicted octanol–water partition coefficient (Wildman–Crippen LogP) is 3.25. The average Bonchev–Trinajstić information content (AvgIpc) is 3.51. The lowest BCUT2D eigenvalue weighted by Crippen LogP contribution is -2.35. The lowest BCUT2D eigenvalue weighted by Gasteiger charge is -2.15. The van der Waals surface area contributed by atoms with E-state index in [2.05, 4.69) is 18.5 Å². The van der Waals surface area contributed by atoms with Gasteiger partial charge in [0.2, 0.25) is 5.91 Å². The van der Waals surface area contributed by atoms with E-state index in [1.165, 1.54) is 11.3 Å². The van der Waals surface area contributed by atoms with Crippen molar-refractivity contribution in [2.75, 3.05) is 19.8 Å². The van der Waals surface area contributed by atoms with Crippen molar-refractivity contribution in [2.45, 2.75) is 12.6 Å². The van der Waals surface area contributed by atoms with Crippen LogP contribution in [0.1, 0.15) is 25.6 Å². The molecule has 0 radical (unpaired) electrons. The van der Waals surface area contributed by atoms with Crippen LogP contribution in [0.25, 0.3) is 21.2 Å². The summed E-state index contributed by atoms with van der Waals surface area (Å²) in [4.78, 5) is 39.2. The van der Waals surface area contributed by atoms with Gasteiger partial charge >= 0.3 is 0 Å². The summed E-state index contributed by atoms with van der Waals surface area (Å²) in [5, 5.41) is 3.94. The quantitative estimate of drug-likeness (QED) is 0.424. The number of carbonyl (C=O) groups excluding carboxylic acids is 3. The maximum Gasteiger partial charge on any atom is 0.261 e. The van der Waals surface area contributed by atoms with Crippen LogP contribution in [0.3, 0.4) is 0 Å². The monoisotopic (exact) mass is 473 g/mol. The molecule has 5 rings (SSSR count). The van der Waals surface area contributed by atoms with E-state index in [-0.39, 0.29) is 30.0 Å². The fourth-order valence-electron chi connectivity index (χ4n) is 4.32. The fourth-order valence-corrected chi connectivity index (χ4v) is 5.27. The molecule has 0 aliphatic carbocycles. The Hall–Kier alpha value is -3.75.